The predicted molar refractivity (Wildman–Crippen MR) is 70.7 cm³/mol. The smallest absolute Gasteiger partial charge is 0.303 e. The van der Waals surface area contributed by atoms with Crippen molar-refractivity contribution in [3.05, 3.63) is 35.2 Å². The van der Waals surface area contributed by atoms with Crippen molar-refractivity contribution in [3.63, 3.8) is 0 Å². The largest absolute Gasteiger partial charge is 0.481 e. The van der Waals surface area contributed by atoms with E-state index in [0.29, 0.717) is 12.8 Å². The van der Waals surface area contributed by atoms with Crippen molar-refractivity contribution < 1.29 is 9.90 Å². The summed E-state index contributed by atoms with van der Waals surface area (Å²) in [6.45, 7) is 1.96. The number of rotatable bonds is 5. The van der Waals surface area contributed by atoms with Gasteiger partial charge in [0, 0.05) is 24.4 Å². The zero-order valence-electron chi connectivity index (χ0n) is 10.1. The van der Waals surface area contributed by atoms with Crippen LogP contribution in [0.3, 0.4) is 0 Å². The van der Waals surface area contributed by atoms with E-state index < -0.39 is 5.97 Å². The van der Waals surface area contributed by atoms with Gasteiger partial charge in [-0.25, -0.2) is 4.98 Å². The molecule has 0 aliphatic heterocycles. The molecule has 0 aliphatic carbocycles. The molecule has 0 radical (unpaired) electrons. The summed E-state index contributed by atoms with van der Waals surface area (Å²) in [6.07, 6.45) is 5.05. The molecule has 0 aliphatic rings. The Morgan fingerprint density at radius 2 is 2.33 bits per heavy atom. The Bertz CT molecular complexity index is 537. The molecule has 18 heavy (non-hydrogen) atoms. The summed E-state index contributed by atoms with van der Waals surface area (Å²) in [7, 11) is 0. The van der Waals surface area contributed by atoms with Crippen molar-refractivity contribution >= 4 is 17.3 Å². The molecular formula is C13H14N2O2S. The van der Waals surface area contributed by atoms with Gasteiger partial charge in [0.05, 0.1) is 15.6 Å². The number of carboxylic acid groups (broad SMARTS) is 1. The van der Waals surface area contributed by atoms with Gasteiger partial charge >= 0.3 is 5.97 Å². The molecule has 0 spiro atoms. The Kier molecular flexibility index (Phi) is 4.04. The van der Waals surface area contributed by atoms with E-state index >= 15 is 0 Å². The van der Waals surface area contributed by atoms with Crippen LogP contribution in [0, 0.1) is 6.92 Å². The fourth-order valence-electron chi connectivity index (χ4n) is 1.77. The maximum absolute atomic E-state index is 10.5. The number of hydrogen-bond acceptors (Lipinski definition) is 4. The van der Waals surface area contributed by atoms with Crippen molar-refractivity contribution in [2.75, 3.05) is 0 Å². The minimum absolute atomic E-state index is 0.184. The average Bonchev–Trinajstić information content (AvgIpc) is 2.71. The van der Waals surface area contributed by atoms with Crippen LogP contribution in [0.2, 0.25) is 0 Å². The third kappa shape index (κ3) is 3.13. The molecule has 94 valence electrons. The lowest BCUT2D eigenvalue weighted by Gasteiger charge is -2.01. The standard InChI is InChI=1S/C13H14N2O2S/c1-9-15-11(5-2-6-12(16)17)13(18-9)10-4-3-7-14-8-10/h3-4,7-8H,2,5-6H2,1H3,(H,16,17). The predicted octanol–water partition coefficient (Wildman–Crippen LogP) is 2.92. The number of aromatic nitrogens is 2. The van der Waals surface area contributed by atoms with Gasteiger partial charge in [-0.15, -0.1) is 11.3 Å². The zero-order chi connectivity index (χ0) is 13.0. The highest BCUT2D eigenvalue weighted by molar-refractivity contribution is 7.15. The van der Waals surface area contributed by atoms with Gasteiger partial charge in [0.1, 0.15) is 0 Å². The van der Waals surface area contributed by atoms with E-state index in [4.69, 9.17) is 5.11 Å². The van der Waals surface area contributed by atoms with Gasteiger partial charge < -0.3 is 5.11 Å². The highest BCUT2D eigenvalue weighted by atomic mass is 32.1. The Hall–Kier alpha value is -1.75. The molecule has 2 heterocycles. The molecule has 0 fully saturated rings. The van der Waals surface area contributed by atoms with Crippen LogP contribution in [0.15, 0.2) is 24.5 Å². The van der Waals surface area contributed by atoms with Gasteiger partial charge in [0.2, 0.25) is 0 Å². The first-order valence-electron chi connectivity index (χ1n) is 5.75. The molecule has 2 aromatic heterocycles. The van der Waals surface area contributed by atoms with Gasteiger partial charge in [-0.2, -0.15) is 0 Å². The second-order valence-corrected chi connectivity index (χ2v) is 5.20. The first-order valence-corrected chi connectivity index (χ1v) is 6.57. The lowest BCUT2D eigenvalue weighted by atomic mass is 10.1. The Morgan fingerprint density at radius 1 is 1.50 bits per heavy atom. The molecular weight excluding hydrogens is 248 g/mol. The lowest BCUT2D eigenvalue weighted by molar-refractivity contribution is -0.137. The molecule has 5 heteroatoms. The van der Waals surface area contributed by atoms with Crippen molar-refractivity contribution in [1.29, 1.82) is 0 Å². The molecule has 0 atom stereocenters. The van der Waals surface area contributed by atoms with Crippen LogP contribution in [0.1, 0.15) is 23.5 Å². The monoisotopic (exact) mass is 262 g/mol. The van der Waals surface area contributed by atoms with Crippen molar-refractivity contribution in [2.45, 2.75) is 26.2 Å². The first kappa shape index (κ1) is 12.7. The maximum atomic E-state index is 10.5. The molecule has 0 amide bonds. The van der Waals surface area contributed by atoms with Crippen molar-refractivity contribution in [1.82, 2.24) is 9.97 Å². The van der Waals surface area contributed by atoms with Gasteiger partial charge in [0.25, 0.3) is 0 Å². The van der Waals surface area contributed by atoms with E-state index in [1.54, 1.807) is 17.5 Å². The third-order valence-corrected chi connectivity index (χ3v) is 3.59. The third-order valence-electron chi connectivity index (χ3n) is 2.53. The highest BCUT2D eigenvalue weighted by Gasteiger charge is 2.11. The Balaban J connectivity index is 2.18. The summed E-state index contributed by atoms with van der Waals surface area (Å²) < 4.78 is 0. The number of aryl methyl sites for hydroxylation is 2. The van der Waals surface area contributed by atoms with Gasteiger partial charge in [0.15, 0.2) is 0 Å². The number of nitrogens with zero attached hydrogens (tertiary/aromatic N) is 2. The van der Waals surface area contributed by atoms with Crippen LogP contribution in [0.5, 0.6) is 0 Å². The Labute approximate surface area is 109 Å². The maximum Gasteiger partial charge on any atom is 0.303 e. The van der Waals surface area contributed by atoms with Gasteiger partial charge in [-0.1, -0.05) is 6.07 Å². The number of carboxylic acids is 1. The number of pyridine rings is 1. The molecule has 2 rings (SSSR count). The lowest BCUT2D eigenvalue weighted by Crippen LogP contribution is -1.97. The van der Waals surface area contributed by atoms with Gasteiger partial charge in [-0.05, 0) is 25.8 Å². The van der Waals surface area contributed by atoms with E-state index in [9.17, 15) is 4.79 Å². The van der Waals surface area contributed by atoms with Crippen LogP contribution in [-0.2, 0) is 11.2 Å². The summed E-state index contributed by atoms with van der Waals surface area (Å²) in [5.74, 6) is -0.759. The molecule has 4 nitrogen and oxygen atoms in total. The minimum Gasteiger partial charge on any atom is -0.481 e. The highest BCUT2D eigenvalue weighted by Crippen LogP contribution is 2.30. The number of hydrogen-bond donors (Lipinski definition) is 1. The van der Waals surface area contributed by atoms with Gasteiger partial charge in [-0.3, -0.25) is 9.78 Å². The Morgan fingerprint density at radius 3 is 3.00 bits per heavy atom. The van der Waals surface area contributed by atoms with E-state index in [1.165, 1.54) is 0 Å². The van der Waals surface area contributed by atoms with Crippen LogP contribution in [0.25, 0.3) is 10.4 Å². The second-order valence-electron chi connectivity index (χ2n) is 4.00. The number of aliphatic carboxylic acids is 1. The average molecular weight is 262 g/mol. The van der Waals surface area contributed by atoms with Crippen molar-refractivity contribution in [3.8, 4) is 10.4 Å². The summed E-state index contributed by atoms with van der Waals surface area (Å²) >= 11 is 1.63. The number of thiazole rings is 1. The second kappa shape index (κ2) is 5.73. The molecule has 0 saturated heterocycles. The molecule has 0 bridgehead atoms. The fraction of sp³-hybridized carbons (Fsp3) is 0.308. The van der Waals surface area contributed by atoms with Crippen LogP contribution in [-0.4, -0.2) is 21.0 Å². The summed E-state index contributed by atoms with van der Waals surface area (Å²) in [6, 6.07) is 3.89. The summed E-state index contributed by atoms with van der Waals surface area (Å²) in [5, 5.41) is 9.65. The zero-order valence-corrected chi connectivity index (χ0v) is 10.9. The summed E-state index contributed by atoms with van der Waals surface area (Å²) in [4.78, 5) is 20.2. The molecule has 0 aromatic carbocycles. The fourth-order valence-corrected chi connectivity index (χ4v) is 2.72. The van der Waals surface area contributed by atoms with E-state index in [2.05, 4.69) is 9.97 Å². The van der Waals surface area contributed by atoms with Crippen LogP contribution in [0.4, 0.5) is 0 Å². The van der Waals surface area contributed by atoms with Crippen LogP contribution >= 0.6 is 11.3 Å². The van der Waals surface area contributed by atoms with Crippen molar-refractivity contribution in [2.24, 2.45) is 0 Å². The normalized spacial score (nSPS) is 10.5. The molecule has 0 unspecified atom stereocenters. The first-order chi connectivity index (χ1) is 8.66. The van der Waals surface area contributed by atoms with E-state index in [0.717, 1.165) is 21.1 Å². The SMILES string of the molecule is Cc1nc(CCCC(=O)O)c(-c2cccnc2)s1. The van der Waals surface area contributed by atoms with E-state index in [1.807, 2.05) is 25.3 Å². The quantitative estimate of drug-likeness (QED) is 0.899. The van der Waals surface area contributed by atoms with E-state index in [-0.39, 0.29) is 6.42 Å². The van der Waals surface area contributed by atoms with Crippen LogP contribution < -0.4 is 0 Å². The summed E-state index contributed by atoms with van der Waals surface area (Å²) in [5.41, 5.74) is 2.03. The molecule has 1 N–H and O–H groups in total. The molecule has 0 saturated carbocycles. The molecule has 2 aromatic rings. The topological polar surface area (TPSA) is 63.1 Å². The number of carbonyl (C=O) groups is 1. The minimum atomic E-state index is -0.759.